The van der Waals surface area contributed by atoms with Crippen molar-refractivity contribution in [3.8, 4) is 0 Å². The van der Waals surface area contributed by atoms with Gasteiger partial charge in [-0.2, -0.15) is 0 Å². The standard InChI is InChI=1S/C5H3NOS/c7-5-4-3(6-5)1-2-8-4/h1-2H,(H,6,7). The number of thiophene rings is 1. The predicted octanol–water partition coefficient (Wildman–Crippen LogP) is 1.31. The van der Waals surface area contributed by atoms with Gasteiger partial charge in [-0.1, -0.05) is 0 Å². The first-order chi connectivity index (χ1) is 3.88. The molecule has 3 heteroatoms. The molecule has 1 aromatic rings. The number of carbonyl (C=O) groups excluding carboxylic acids is 1. The Bertz CT molecular complexity index is 240. The lowest BCUT2D eigenvalue weighted by Crippen LogP contribution is -2.21. The first kappa shape index (κ1) is 4.09. The summed E-state index contributed by atoms with van der Waals surface area (Å²) in [4.78, 5) is 11.3. The summed E-state index contributed by atoms with van der Waals surface area (Å²) in [6.45, 7) is 0. The quantitative estimate of drug-likeness (QED) is 0.556. The van der Waals surface area contributed by atoms with Crippen LogP contribution in [0, 0.1) is 0 Å². The van der Waals surface area contributed by atoms with E-state index < -0.39 is 0 Å². The van der Waals surface area contributed by atoms with Crippen molar-refractivity contribution in [3.63, 3.8) is 0 Å². The maximum absolute atomic E-state index is 10.5. The number of rotatable bonds is 0. The molecular weight excluding hydrogens is 122 g/mol. The lowest BCUT2D eigenvalue weighted by molar-refractivity contribution is 0.101. The van der Waals surface area contributed by atoms with Crippen molar-refractivity contribution in [1.82, 2.24) is 0 Å². The SMILES string of the molecule is O=C1Nc2ccsc21. The second-order valence-electron chi connectivity index (χ2n) is 1.62. The van der Waals surface area contributed by atoms with E-state index in [1.54, 1.807) is 0 Å². The smallest absolute Gasteiger partial charge is 0.267 e. The van der Waals surface area contributed by atoms with Gasteiger partial charge in [-0.3, -0.25) is 4.79 Å². The largest absolute Gasteiger partial charge is 0.320 e. The number of hydrogen-bond donors (Lipinski definition) is 1. The van der Waals surface area contributed by atoms with Crippen molar-refractivity contribution < 1.29 is 4.79 Å². The Hall–Kier alpha value is -0.830. The van der Waals surface area contributed by atoms with Gasteiger partial charge < -0.3 is 5.32 Å². The molecule has 0 atom stereocenters. The maximum atomic E-state index is 10.5. The Kier molecular flexibility index (Phi) is 0.569. The van der Waals surface area contributed by atoms with Crippen LogP contribution in [-0.4, -0.2) is 5.91 Å². The minimum absolute atomic E-state index is 0.0648. The van der Waals surface area contributed by atoms with Crippen molar-refractivity contribution in [3.05, 3.63) is 16.3 Å². The highest BCUT2D eigenvalue weighted by Gasteiger charge is 2.22. The van der Waals surface area contributed by atoms with Crippen molar-refractivity contribution in [1.29, 1.82) is 0 Å². The lowest BCUT2D eigenvalue weighted by Gasteiger charge is -2.11. The molecule has 2 rings (SSSR count). The van der Waals surface area contributed by atoms with Gasteiger partial charge >= 0.3 is 0 Å². The Labute approximate surface area is 50.1 Å². The number of carbonyl (C=O) groups is 1. The van der Waals surface area contributed by atoms with Gasteiger partial charge in [0.2, 0.25) is 0 Å². The van der Waals surface area contributed by atoms with E-state index in [1.807, 2.05) is 11.4 Å². The van der Waals surface area contributed by atoms with E-state index >= 15 is 0 Å². The molecule has 0 radical (unpaired) electrons. The van der Waals surface area contributed by atoms with Crippen LogP contribution in [0.15, 0.2) is 11.4 Å². The summed E-state index contributed by atoms with van der Waals surface area (Å²) >= 11 is 1.49. The molecule has 0 aromatic carbocycles. The van der Waals surface area contributed by atoms with Gasteiger partial charge in [-0.05, 0) is 11.4 Å². The minimum atomic E-state index is 0.0648. The normalized spacial score (nSPS) is 14.2. The summed E-state index contributed by atoms with van der Waals surface area (Å²) in [6, 6.07) is 1.90. The van der Waals surface area contributed by atoms with Crippen molar-refractivity contribution >= 4 is 22.9 Å². The average molecular weight is 125 g/mol. The molecule has 0 spiro atoms. The number of anilines is 1. The van der Waals surface area contributed by atoms with Gasteiger partial charge in [0, 0.05) is 0 Å². The molecule has 1 aliphatic heterocycles. The molecule has 0 bridgehead atoms. The van der Waals surface area contributed by atoms with Gasteiger partial charge in [-0.15, -0.1) is 11.3 Å². The Morgan fingerprint density at radius 1 is 1.62 bits per heavy atom. The zero-order chi connectivity index (χ0) is 5.56. The molecule has 1 N–H and O–H groups in total. The van der Waals surface area contributed by atoms with Gasteiger partial charge in [-0.25, -0.2) is 0 Å². The number of amides is 1. The van der Waals surface area contributed by atoms with Crippen molar-refractivity contribution in [2.75, 3.05) is 5.32 Å². The monoisotopic (exact) mass is 125 g/mol. The van der Waals surface area contributed by atoms with E-state index in [-0.39, 0.29) is 5.91 Å². The molecule has 0 saturated carbocycles. The van der Waals surface area contributed by atoms with Crippen molar-refractivity contribution in [2.45, 2.75) is 0 Å². The fourth-order valence-corrected chi connectivity index (χ4v) is 1.44. The van der Waals surface area contributed by atoms with Crippen LogP contribution in [0.3, 0.4) is 0 Å². The first-order valence-corrected chi connectivity index (χ1v) is 3.15. The Morgan fingerprint density at radius 3 is 3.00 bits per heavy atom. The second kappa shape index (κ2) is 1.11. The van der Waals surface area contributed by atoms with E-state index in [1.165, 1.54) is 11.3 Å². The highest BCUT2D eigenvalue weighted by molar-refractivity contribution is 7.13. The molecule has 0 saturated heterocycles. The summed E-state index contributed by atoms with van der Waals surface area (Å²) in [5, 5.41) is 4.54. The van der Waals surface area contributed by atoms with E-state index in [0.717, 1.165) is 10.6 Å². The molecule has 2 nitrogen and oxygen atoms in total. The van der Waals surface area contributed by atoms with Crippen LogP contribution >= 0.6 is 11.3 Å². The van der Waals surface area contributed by atoms with Gasteiger partial charge in [0.1, 0.15) is 4.88 Å². The fourth-order valence-electron chi connectivity index (χ4n) is 0.700. The molecular formula is C5H3NOS. The van der Waals surface area contributed by atoms with Gasteiger partial charge in [0.05, 0.1) is 5.69 Å². The van der Waals surface area contributed by atoms with Gasteiger partial charge in [0.25, 0.3) is 5.91 Å². The number of nitrogens with one attached hydrogen (secondary N) is 1. The molecule has 8 heavy (non-hydrogen) atoms. The number of fused-ring (bicyclic) bond motifs is 1. The molecule has 0 fully saturated rings. The van der Waals surface area contributed by atoms with Crippen LogP contribution in [0.4, 0.5) is 5.69 Å². The van der Waals surface area contributed by atoms with Crippen LogP contribution in [-0.2, 0) is 0 Å². The first-order valence-electron chi connectivity index (χ1n) is 2.27. The van der Waals surface area contributed by atoms with Crippen LogP contribution in [0.2, 0.25) is 0 Å². The summed E-state index contributed by atoms with van der Waals surface area (Å²) in [6.07, 6.45) is 0. The second-order valence-corrected chi connectivity index (χ2v) is 2.53. The van der Waals surface area contributed by atoms with Crippen molar-refractivity contribution in [2.24, 2.45) is 0 Å². The maximum Gasteiger partial charge on any atom is 0.267 e. The molecule has 2 heterocycles. The lowest BCUT2D eigenvalue weighted by atomic mass is 10.2. The highest BCUT2D eigenvalue weighted by atomic mass is 32.1. The summed E-state index contributed by atoms with van der Waals surface area (Å²) in [5.74, 6) is 0.0648. The summed E-state index contributed by atoms with van der Waals surface area (Å²) in [5.41, 5.74) is 0.986. The van der Waals surface area contributed by atoms with Crippen LogP contribution < -0.4 is 5.32 Å². The van der Waals surface area contributed by atoms with E-state index in [2.05, 4.69) is 5.32 Å². The minimum Gasteiger partial charge on any atom is -0.320 e. The third-order valence-electron chi connectivity index (χ3n) is 1.12. The van der Waals surface area contributed by atoms with E-state index in [9.17, 15) is 4.79 Å². The molecule has 1 amide bonds. The average Bonchev–Trinajstić information content (AvgIpc) is 2.09. The molecule has 0 aliphatic carbocycles. The summed E-state index contributed by atoms with van der Waals surface area (Å²) in [7, 11) is 0. The molecule has 0 unspecified atom stereocenters. The third kappa shape index (κ3) is 0.305. The number of hydrogen-bond acceptors (Lipinski definition) is 2. The third-order valence-corrected chi connectivity index (χ3v) is 2.03. The Morgan fingerprint density at radius 2 is 2.50 bits per heavy atom. The van der Waals surface area contributed by atoms with Crippen LogP contribution in [0.1, 0.15) is 9.67 Å². The summed E-state index contributed by atoms with van der Waals surface area (Å²) < 4.78 is 0. The highest BCUT2D eigenvalue weighted by Crippen LogP contribution is 2.30. The molecule has 1 aliphatic rings. The van der Waals surface area contributed by atoms with Crippen LogP contribution in [0.25, 0.3) is 0 Å². The fraction of sp³-hybridized carbons (Fsp3) is 0. The molecule has 1 aromatic heterocycles. The molecule has 40 valence electrons. The van der Waals surface area contributed by atoms with Gasteiger partial charge in [0.15, 0.2) is 0 Å². The zero-order valence-corrected chi connectivity index (χ0v) is 4.79. The predicted molar refractivity (Wildman–Crippen MR) is 32.3 cm³/mol. The zero-order valence-electron chi connectivity index (χ0n) is 3.97. The van der Waals surface area contributed by atoms with E-state index in [4.69, 9.17) is 0 Å². The van der Waals surface area contributed by atoms with Crippen LogP contribution in [0.5, 0.6) is 0 Å². The Balaban J connectivity index is 2.68. The topological polar surface area (TPSA) is 29.1 Å². The van der Waals surface area contributed by atoms with E-state index in [0.29, 0.717) is 0 Å².